The second-order valence-corrected chi connectivity index (χ2v) is 6.71. The summed E-state index contributed by atoms with van der Waals surface area (Å²) < 4.78 is 7.51. The molecule has 112 valence electrons. The highest BCUT2D eigenvalue weighted by Crippen LogP contribution is 2.30. The van der Waals surface area contributed by atoms with Crippen LogP contribution in [0.3, 0.4) is 0 Å². The van der Waals surface area contributed by atoms with E-state index in [4.69, 9.17) is 10.6 Å². The molecule has 1 atom stereocenters. The Morgan fingerprint density at radius 1 is 1.14 bits per heavy atom. The van der Waals surface area contributed by atoms with Crippen molar-refractivity contribution < 1.29 is 4.74 Å². The number of nitrogens with two attached hydrogens (primary N) is 1. The first-order valence-electron chi connectivity index (χ1n) is 6.59. The molecule has 3 nitrogen and oxygen atoms in total. The molecule has 21 heavy (non-hydrogen) atoms. The number of rotatable bonds is 5. The van der Waals surface area contributed by atoms with Gasteiger partial charge in [0.25, 0.3) is 0 Å². The number of aryl methyl sites for hydroxylation is 1. The van der Waals surface area contributed by atoms with E-state index in [1.807, 2.05) is 18.2 Å². The minimum atomic E-state index is 0.0192. The van der Waals surface area contributed by atoms with Gasteiger partial charge in [0.2, 0.25) is 0 Å². The number of hydrogen-bond donors (Lipinski definition) is 2. The minimum absolute atomic E-state index is 0.0192. The molecule has 2 aromatic carbocycles. The van der Waals surface area contributed by atoms with Crippen LogP contribution in [0.5, 0.6) is 5.75 Å². The lowest BCUT2D eigenvalue weighted by Crippen LogP contribution is -2.30. The number of hydrazine groups is 1. The average Bonchev–Trinajstić information content (AvgIpc) is 2.47. The summed E-state index contributed by atoms with van der Waals surface area (Å²) in [6.07, 6.45) is 0.746. The number of hydrogen-bond acceptors (Lipinski definition) is 3. The topological polar surface area (TPSA) is 47.3 Å². The van der Waals surface area contributed by atoms with Crippen molar-refractivity contribution in [2.45, 2.75) is 19.4 Å². The fraction of sp³-hybridized carbons (Fsp3) is 0.250. The Kier molecular flexibility index (Phi) is 5.81. The van der Waals surface area contributed by atoms with Crippen LogP contribution in [-0.4, -0.2) is 7.11 Å². The van der Waals surface area contributed by atoms with E-state index in [-0.39, 0.29) is 6.04 Å². The Balaban J connectivity index is 2.35. The SMILES string of the molecule is COc1ccc(Br)cc1CC(NN)c1cc(Br)ccc1C. The molecule has 0 radical (unpaired) electrons. The lowest BCUT2D eigenvalue weighted by molar-refractivity contribution is 0.405. The standard InChI is InChI=1S/C16H18Br2N2O/c1-10-3-4-13(18)9-14(10)15(20-19)8-11-7-12(17)5-6-16(11)21-2/h3-7,9,15,20H,8,19H2,1-2H3. The van der Waals surface area contributed by atoms with Crippen molar-refractivity contribution in [1.82, 2.24) is 5.43 Å². The van der Waals surface area contributed by atoms with Crippen LogP contribution in [-0.2, 0) is 6.42 Å². The normalized spacial score (nSPS) is 12.2. The van der Waals surface area contributed by atoms with Crippen LogP contribution in [0, 0.1) is 6.92 Å². The zero-order valence-electron chi connectivity index (χ0n) is 12.0. The van der Waals surface area contributed by atoms with Gasteiger partial charge >= 0.3 is 0 Å². The Morgan fingerprint density at radius 3 is 2.48 bits per heavy atom. The Morgan fingerprint density at radius 2 is 1.81 bits per heavy atom. The second-order valence-electron chi connectivity index (χ2n) is 4.88. The number of methoxy groups -OCH3 is 1. The lowest BCUT2D eigenvalue weighted by atomic mass is 9.95. The van der Waals surface area contributed by atoms with Crippen LogP contribution >= 0.6 is 31.9 Å². The molecule has 0 aliphatic rings. The van der Waals surface area contributed by atoms with Crippen LogP contribution in [0.4, 0.5) is 0 Å². The van der Waals surface area contributed by atoms with E-state index in [1.54, 1.807) is 7.11 Å². The van der Waals surface area contributed by atoms with Crippen molar-refractivity contribution in [2.24, 2.45) is 5.84 Å². The van der Waals surface area contributed by atoms with Gasteiger partial charge in [0, 0.05) is 8.95 Å². The maximum Gasteiger partial charge on any atom is 0.122 e. The Labute approximate surface area is 142 Å². The summed E-state index contributed by atoms with van der Waals surface area (Å²) in [4.78, 5) is 0. The highest BCUT2D eigenvalue weighted by molar-refractivity contribution is 9.10. The molecule has 0 aromatic heterocycles. The van der Waals surface area contributed by atoms with Gasteiger partial charge in [-0.15, -0.1) is 0 Å². The largest absolute Gasteiger partial charge is 0.496 e. The van der Waals surface area contributed by atoms with Crippen molar-refractivity contribution in [3.63, 3.8) is 0 Å². The summed E-state index contributed by atoms with van der Waals surface area (Å²) in [5.41, 5.74) is 6.40. The number of halogens is 2. The first-order chi connectivity index (χ1) is 10.0. The van der Waals surface area contributed by atoms with Gasteiger partial charge in [-0.3, -0.25) is 11.3 Å². The first-order valence-corrected chi connectivity index (χ1v) is 8.18. The zero-order valence-corrected chi connectivity index (χ0v) is 15.2. The predicted molar refractivity (Wildman–Crippen MR) is 93.3 cm³/mol. The third-order valence-corrected chi connectivity index (χ3v) is 4.47. The predicted octanol–water partition coefficient (Wildman–Crippen LogP) is 4.28. The van der Waals surface area contributed by atoms with Crippen molar-refractivity contribution in [1.29, 1.82) is 0 Å². The number of ether oxygens (including phenoxy) is 1. The molecule has 2 aromatic rings. The quantitative estimate of drug-likeness (QED) is 0.568. The van der Waals surface area contributed by atoms with E-state index in [0.29, 0.717) is 0 Å². The summed E-state index contributed by atoms with van der Waals surface area (Å²) in [7, 11) is 1.68. The molecule has 0 saturated heterocycles. The van der Waals surface area contributed by atoms with E-state index >= 15 is 0 Å². The monoisotopic (exact) mass is 412 g/mol. The van der Waals surface area contributed by atoms with Gasteiger partial charge in [-0.05, 0) is 60.4 Å². The van der Waals surface area contributed by atoms with Crippen molar-refractivity contribution in [2.75, 3.05) is 7.11 Å². The van der Waals surface area contributed by atoms with E-state index in [9.17, 15) is 0 Å². The Hall–Kier alpha value is -0.880. The number of nitrogens with one attached hydrogen (secondary N) is 1. The molecule has 0 heterocycles. The van der Waals surface area contributed by atoms with Crippen LogP contribution in [0.1, 0.15) is 22.7 Å². The molecule has 0 amide bonds. The van der Waals surface area contributed by atoms with Gasteiger partial charge in [-0.2, -0.15) is 0 Å². The summed E-state index contributed by atoms with van der Waals surface area (Å²) in [6, 6.07) is 12.2. The third-order valence-electron chi connectivity index (χ3n) is 3.48. The molecular formula is C16H18Br2N2O. The van der Waals surface area contributed by atoms with Gasteiger partial charge in [-0.1, -0.05) is 37.9 Å². The minimum Gasteiger partial charge on any atom is -0.496 e. The fourth-order valence-corrected chi connectivity index (χ4v) is 3.16. The summed E-state index contributed by atoms with van der Waals surface area (Å²) in [5.74, 6) is 6.65. The van der Waals surface area contributed by atoms with E-state index in [0.717, 1.165) is 26.7 Å². The highest BCUT2D eigenvalue weighted by atomic mass is 79.9. The van der Waals surface area contributed by atoms with E-state index in [1.165, 1.54) is 11.1 Å². The van der Waals surface area contributed by atoms with E-state index in [2.05, 4.69) is 62.4 Å². The molecule has 0 aliphatic carbocycles. The third kappa shape index (κ3) is 4.07. The summed E-state index contributed by atoms with van der Waals surface area (Å²) in [6.45, 7) is 2.09. The van der Waals surface area contributed by atoms with Gasteiger partial charge < -0.3 is 4.74 Å². The molecule has 0 fully saturated rings. The molecule has 0 saturated carbocycles. The van der Waals surface area contributed by atoms with E-state index < -0.39 is 0 Å². The average molecular weight is 414 g/mol. The van der Waals surface area contributed by atoms with Gasteiger partial charge in [0.05, 0.1) is 13.2 Å². The summed E-state index contributed by atoms with van der Waals surface area (Å²) in [5, 5.41) is 0. The molecule has 0 spiro atoms. The fourth-order valence-electron chi connectivity index (χ4n) is 2.37. The first kappa shape index (κ1) is 16.5. The van der Waals surface area contributed by atoms with Crippen molar-refractivity contribution >= 4 is 31.9 Å². The molecule has 5 heteroatoms. The van der Waals surface area contributed by atoms with Crippen LogP contribution in [0.15, 0.2) is 45.3 Å². The number of benzene rings is 2. The maximum absolute atomic E-state index is 5.78. The second kappa shape index (κ2) is 7.40. The van der Waals surface area contributed by atoms with Gasteiger partial charge in [0.1, 0.15) is 5.75 Å². The Bertz CT molecular complexity index is 632. The molecule has 1 unspecified atom stereocenters. The van der Waals surface area contributed by atoms with Crippen LogP contribution in [0.2, 0.25) is 0 Å². The summed E-state index contributed by atoms with van der Waals surface area (Å²) >= 11 is 7.02. The van der Waals surface area contributed by atoms with Crippen LogP contribution in [0.25, 0.3) is 0 Å². The van der Waals surface area contributed by atoms with Crippen molar-refractivity contribution in [3.05, 3.63) is 62.0 Å². The maximum atomic E-state index is 5.78. The zero-order chi connectivity index (χ0) is 15.4. The lowest BCUT2D eigenvalue weighted by Gasteiger charge is -2.20. The molecular weight excluding hydrogens is 396 g/mol. The molecule has 3 N–H and O–H groups in total. The van der Waals surface area contributed by atoms with Gasteiger partial charge in [0.15, 0.2) is 0 Å². The van der Waals surface area contributed by atoms with Gasteiger partial charge in [-0.25, -0.2) is 0 Å². The smallest absolute Gasteiger partial charge is 0.122 e. The molecule has 2 rings (SSSR count). The highest BCUT2D eigenvalue weighted by Gasteiger charge is 2.16. The molecule has 0 aliphatic heterocycles. The molecule has 0 bridgehead atoms. The van der Waals surface area contributed by atoms with Crippen LogP contribution < -0.4 is 16.0 Å². The van der Waals surface area contributed by atoms with Crippen molar-refractivity contribution in [3.8, 4) is 5.75 Å².